The molecule has 1 amide bonds. The van der Waals surface area contributed by atoms with Crippen molar-refractivity contribution < 1.29 is 37.5 Å². The second-order valence-electron chi connectivity index (χ2n) is 3.94. The van der Waals surface area contributed by atoms with Crippen LogP contribution in [0.4, 0.5) is 5.69 Å². The number of nitrogens with one attached hydrogen (secondary N) is 1. The number of carbonyl (C=O) groups is 1. The van der Waals surface area contributed by atoms with Crippen molar-refractivity contribution in [1.29, 1.82) is 0 Å². The predicted molar refractivity (Wildman–Crippen MR) is 56.9 cm³/mol. The number of hydrogen-bond donors (Lipinski definition) is 2. The van der Waals surface area contributed by atoms with Crippen LogP contribution < -0.4 is 11.1 Å². The average Bonchev–Trinajstić information content (AvgIpc) is 2.02. The van der Waals surface area contributed by atoms with Crippen molar-refractivity contribution in [2.24, 2.45) is 5.73 Å². The maximum Gasteiger partial charge on any atom is 0.242 e. The molecule has 4 heteroatoms. The van der Waals surface area contributed by atoms with Crippen LogP contribution >= 0.6 is 0 Å². The zero-order valence-corrected chi connectivity index (χ0v) is 12.1. The van der Waals surface area contributed by atoms with Crippen molar-refractivity contribution in [2.75, 3.05) is 5.32 Å². The summed E-state index contributed by atoms with van der Waals surface area (Å²) in [6.07, 6.45) is 0. The van der Waals surface area contributed by atoms with E-state index in [1.165, 1.54) is 0 Å². The van der Waals surface area contributed by atoms with Gasteiger partial charge < -0.3 is 11.1 Å². The Kier molecular flexibility index (Phi) is 5.64. The van der Waals surface area contributed by atoms with Crippen molar-refractivity contribution in [2.45, 2.75) is 26.3 Å². The van der Waals surface area contributed by atoms with E-state index in [4.69, 9.17) is 5.73 Å². The minimum Gasteiger partial charge on any atom is -0.348 e. The van der Waals surface area contributed by atoms with Gasteiger partial charge in [-0.2, -0.15) is 17.7 Å². The minimum absolute atomic E-state index is 0. The van der Waals surface area contributed by atoms with E-state index in [9.17, 15) is 4.79 Å². The maximum atomic E-state index is 11.5. The third-order valence-corrected chi connectivity index (χ3v) is 1.79. The Balaban J connectivity index is 0.00000196. The molecule has 0 unspecified atom stereocenters. The monoisotopic (exact) mass is 280 g/mol. The van der Waals surface area contributed by atoms with Crippen LogP contribution in [0.15, 0.2) is 18.2 Å². The quantitative estimate of drug-likeness (QED) is 0.806. The van der Waals surface area contributed by atoms with Crippen LogP contribution in [0.1, 0.15) is 19.4 Å². The van der Waals surface area contributed by atoms with Gasteiger partial charge in [-0.05, 0) is 13.8 Å². The average molecular weight is 280 g/mol. The van der Waals surface area contributed by atoms with Gasteiger partial charge >= 0.3 is 0 Å². The molecule has 0 aliphatic rings. The van der Waals surface area contributed by atoms with E-state index in [1.54, 1.807) is 26.0 Å². The molecule has 1 aromatic carbocycles. The van der Waals surface area contributed by atoms with Crippen LogP contribution in [0.25, 0.3) is 0 Å². The molecule has 0 bridgehead atoms. The van der Waals surface area contributed by atoms with E-state index >= 15 is 0 Å². The molecule has 1 radical (unpaired) electrons. The Morgan fingerprint density at radius 2 is 2.13 bits per heavy atom. The molecule has 0 aliphatic heterocycles. The van der Waals surface area contributed by atoms with E-state index in [0.29, 0.717) is 0 Å². The molecule has 0 heterocycles. The van der Waals surface area contributed by atoms with Gasteiger partial charge in [0.25, 0.3) is 0 Å². The summed E-state index contributed by atoms with van der Waals surface area (Å²) in [7, 11) is 0. The van der Waals surface area contributed by atoms with Gasteiger partial charge in [0.15, 0.2) is 0 Å². The van der Waals surface area contributed by atoms with Crippen molar-refractivity contribution in [1.82, 2.24) is 0 Å². The van der Waals surface area contributed by atoms with E-state index in [2.05, 4.69) is 11.4 Å². The van der Waals surface area contributed by atoms with Crippen LogP contribution in [0.2, 0.25) is 0 Å². The Bertz CT molecular complexity index is 345. The van der Waals surface area contributed by atoms with Crippen molar-refractivity contribution in [3.05, 3.63) is 29.8 Å². The molecule has 3 nitrogen and oxygen atoms in total. The molecule has 79 valence electrons. The fourth-order valence-corrected chi connectivity index (χ4v) is 0.956. The van der Waals surface area contributed by atoms with Gasteiger partial charge in [0.1, 0.15) is 0 Å². The number of rotatable bonds is 2. The molecule has 1 rings (SSSR count). The smallest absolute Gasteiger partial charge is 0.242 e. The number of nitrogens with two attached hydrogens (primary N) is 1. The maximum absolute atomic E-state index is 11.5. The van der Waals surface area contributed by atoms with Crippen molar-refractivity contribution in [3.8, 4) is 0 Å². The Morgan fingerprint density at radius 3 is 2.60 bits per heavy atom. The number of carbonyl (C=O) groups excluding carboxylic acids is 1. The van der Waals surface area contributed by atoms with Crippen LogP contribution in [0.3, 0.4) is 0 Å². The number of hydrogen-bond acceptors (Lipinski definition) is 2. The third kappa shape index (κ3) is 4.87. The summed E-state index contributed by atoms with van der Waals surface area (Å²) in [6, 6.07) is 8.41. The van der Waals surface area contributed by atoms with Crippen LogP contribution in [0, 0.1) is 13.0 Å². The summed E-state index contributed by atoms with van der Waals surface area (Å²) in [5.74, 6) is -0.192. The number of amides is 1. The molecular formula is C11H15N2OY-. The van der Waals surface area contributed by atoms with Crippen LogP contribution in [-0.2, 0) is 37.5 Å². The number of anilines is 1. The van der Waals surface area contributed by atoms with E-state index in [0.717, 1.165) is 11.3 Å². The zero-order chi connectivity index (χ0) is 10.8. The first-order chi connectivity index (χ1) is 6.39. The summed E-state index contributed by atoms with van der Waals surface area (Å²) >= 11 is 0. The van der Waals surface area contributed by atoms with Crippen molar-refractivity contribution >= 4 is 11.6 Å². The second-order valence-corrected chi connectivity index (χ2v) is 3.94. The summed E-state index contributed by atoms with van der Waals surface area (Å²) in [5.41, 5.74) is 6.53. The van der Waals surface area contributed by atoms with Crippen molar-refractivity contribution in [3.63, 3.8) is 0 Å². The number of aryl methyl sites for hydroxylation is 1. The largest absolute Gasteiger partial charge is 0.348 e. The molecule has 1 aromatic rings. The van der Waals surface area contributed by atoms with Gasteiger partial charge in [-0.1, -0.05) is 12.6 Å². The summed E-state index contributed by atoms with van der Waals surface area (Å²) < 4.78 is 0. The molecule has 0 aliphatic carbocycles. The Hall–Kier alpha value is -0.246. The standard InChI is InChI=1S/C11H15N2O.Y/c1-8-5-4-6-9(7-8)13-10(14)11(2,3)12;/h4,6-7H,12H2,1-3H3,(H,13,14);/q-1;. The summed E-state index contributed by atoms with van der Waals surface area (Å²) in [4.78, 5) is 11.5. The van der Waals surface area contributed by atoms with E-state index < -0.39 is 5.54 Å². The predicted octanol–water partition coefficient (Wildman–Crippen LogP) is 1.47. The minimum atomic E-state index is -0.854. The first kappa shape index (κ1) is 14.8. The first-order valence-electron chi connectivity index (χ1n) is 4.48. The number of benzene rings is 1. The van der Waals surface area contributed by atoms with Crippen LogP contribution in [0.5, 0.6) is 0 Å². The molecule has 15 heavy (non-hydrogen) atoms. The molecule has 0 fully saturated rings. The molecule has 0 atom stereocenters. The Labute approximate surface area is 116 Å². The second kappa shape index (κ2) is 5.73. The molecule has 0 saturated carbocycles. The normalized spacial score (nSPS) is 10.4. The zero-order valence-electron chi connectivity index (χ0n) is 9.29. The van der Waals surface area contributed by atoms with Gasteiger partial charge in [0, 0.05) is 32.7 Å². The first-order valence-corrected chi connectivity index (χ1v) is 4.48. The van der Waals surface area contributed by atoms with Crippen LogP contribution in [-0.4, -0.2) is 11.4 Å². The van der Waals surface area contributed by atoms with Gasteiger partial charge in [0.2, 0.25) is 5.91 Å². The summed E-state index contributed by atoms with van der Waals surface area (Å²) in [5, 5.41) is 2.74. The molecule has 0 saturated heterocycles. The van der Waals surface area contributed by atoms with Gasteiger partial charge in [-0.3, -0.25) is 4.79 Å². The summed E-state index contributed by atoms with van der Waals surface area (Å²) in [6.45, 7) is 5.26. The molecule has 3 N–H and O–H groups in total. The van der Waals surface area contributed by atoms with Gasteiger partial charge in [-0.25, -0.2) is 0 Å². The topological polar surface area (TPSA) is 55.1 Å². The fourth-order valence-electron chi connectivity index (χ4n) is 0.956. The van der Waals surface area contributed by atoms with Gasteiger partial charge in [0.05, 0.1) is 5.54 Å². The SMILES string of the molecule is Cc1[c-]ccc(NC(=O)C(C)(C)N)c1.[Y]. The van der Waals surface area contributed by atoms with E-state index in [1.807, 2.05) is 13.0 Å². The van der Waals surface area contributed by atoms with E-state index in [-0.39, 0.29) is 38.6 Å². The fraction of sp³-hybridized carbons (Fsp3) is 0.364. The molecule has 0 spiro atoms. The molecule has 0 aromatic heterocycles. The van der Waals surface area contributed by atoms with Gasteiger partial charge in [-0.15, -0.1) is 12.1 Å². The third-order valence-electron chi connectivity index (χ3n) is 1.79. The molecular weight excluding hydrogens is 265 g/mol. The Morgan fingerprint density at radius 1 is 1.53 bits per heavy atom.